The largest absolute Gasteiger partial charge is 0.305 e. The van der Waals surface area contributed by atoms with Crippen molar-refractivity contribution >= 4 is 9.84 Å². The van der Waals surface area contributed by atoms with Gasteiger partial charge in [0.15, 0.2) is 9.84 Å². The van der Waals surface area contributed by atoms with E-state index in [9.17, 15) is 8.42 Å². The molecule has 0 aliphatic heterocycles. The third-order valence-electron chi connectivity index (χ3n) is 3.60. The molecule has 1 heterocycles. The molecule has 1 aliphatic carbocycles. The molecule has 0 aromatic carbocycles. The molecular weight excluding hydrogens is 248 g/mol. The second kappa shape index (κ2) is 5.36. The third-order valence-corrected chi connectivity index (χ3v) is 5.26. The molecule has 3 atom stereocenters. The maximum Gasteiger partial charge on any atom is 0.151 e. The molecule has 0 radical (unpaired) electrons. The molecule has 18 heavy (non-hydrogen) atoms. The van der Waals surface area contributed by atoms with Gasteiger partial charge in [0.25, 0.3) is 0 Å². The van der Waals surface area contributed by atoms with Gasteiger partial charge in [0.05, 0.1) is 10.9 Å². The first kappa shape index (κ1) is 13.5. The van der Waals surface area contributed by atoms with E-state index in [0.29, 0.717) is 0 Å². The third kappa shape index (κ3) is 3.09. The van der Waals surface area contributed by atoms with Crippen LogP contribution in [0.3, 0.4) is 0 Å². The molecule has 0 spiro atoms. The number of nitrogens with one attached hydrogen (secondary N) is 1. The summed E-state index contributed by atoms with van der Waals surface area (Å²) in [6.07, 6.45) is 5.77. The van der Waals surface area contributed by atoms with Crippen LogP contribution in [0.5, 0.6) is 0 Å². The number of sulfone groups is 1. The maximum absolute atomic E-state index is 11.7. The minimum Gasteiger partial charge on any atom is -0.305 e. The Hall–Kier alpha value is -0.940. The minimum absolute atomic E-state index is 0.0528. The zero-order valence-corrected chi connectivity index (χ0v) is 11.7. The summed E-state index contributed by atoms with van der Waals surface area (Å²) in [6, 6.07) is 5.92. The van der Waals surface area contributed by atoms with Crippen LogP contribution in [0, 0.1) is 0 Å². The molecule has 1 saturated carbocycles. The highest BCUT2D eigenvalue weighted by Crippen LogP contribution is 2.27. The van der Waals surface area contributed by atoms with Crippen LogP contribution >= 0.6 is 0 Å². The van der Waals surface area contributed by atoms with Gasteiger partial charge in [0.2, 0.25) is 0 Å². The van der Waals surface area contributed by atoms with Gasteiger partial charge in [0, 0.05) is 24.5 Å². The van der Waals surface area contributed by atoms with Crippen molar-refractivity contribution in [2.75, 3.05) is 6.26 Å². The fourth-order valence-corrected chi connectivity index (χ4v) is 4.07. The molecule has 0 bridgehead atoms. The number of pyridine rings is 1. The second-order valence-electron chi connectivity index (χ2n) is 5.05. The van der Waals surface area contributed by atoms with E-state index >= 15 is 0 Å². The molecule has 4 nitrogen and oxygen atoms in total. The summed E-state index contributed by atoms with van der Waals surface area (Å²) in [5.74, 6) is 0. The fraction of sp³-hybridized carbons (Fsp3) is 0.615. The summed E-state index contributed by atoms with van der Waals surface area (Å²) in [7, 11) is -2.96. The second-order valence-corrected chi connectivity index (χ2v) is 7.31. The lowest BCUT2D eigenvalue weighted by atomic mass is 10.1. The average molecular weight is 268 g/mol. The van der Waals surface area contributed by atoms with E-state index in [2.05, 4.69) is 10.3 Å². The Kier molecular flexibility index (Phi) is 4.02. The molecule has 1 aromatic rings. The normalized spacial score (nSPS) is 26.1. The fourth-order valence-electron chi connectivity index (χ4n) is 2.67. The molecule has 1 aliphatic rings. The number of aromatic nitrogens is 1. The van der Waals surface area contributed by atoms with Crippen molar-refractivity contribution in [3.05, 3.63) is 30.1 Å². The van der Waals surface area contributed by atoms with Crippen molar-refractivity contribution in [2.24, 2.45) is 0 Å². The Bertz CT molecular complexity index is 487. The topological polar surface area (TPSA) is 59.1 Å². The first-order valence-corrected chi connectivity index (χ1v) is 8.30. The Morgan fingerprint density at radius 2 is 2.17 bits per heavy atom. The van der Waals surface area contributed by atoms with Gasteiger partial charge < -0.3 is 5.32 Å². The van der Waals surface area contributed by atoms with Gasteiger partial charge in [-0.1, -0.05) is 12.5 Å². The lowest BCUT2D eigenvalue weighted by Crippen LogP contribution is -2.41. The molecular formula is C13H20N2O2S. The van der Waals surface area contributed by atoms with Gasteiger partial charge in [-0.3, -0.25) is 4.98 Å². The minimum atomic E-state index is -2.96. The number of nitrogens with zero attached hydrogens (tertiary/aromatic N) is 1. The highest BCUT2D eigenvalue weighted by Gasteiger charge is 2.35. The van der Waals surface area contributed by atoms with Crippen molar-refractivity contribution in [1.82, 2.24) is 10.3 Å². The van der Waals surface area contributed by atoms with Crippen LogP contribution < -0.4 is 5.32 Å². The highest BCUT2D eigenvalue weighted by atomic mass is 32.2. The quantitative estimate of drug-likeness (QED) is 0.903. The smallest absolute Gasteiger partial charge is 0.151 e. The van der Waals surface area contributed by atoms with Crippen LogP contribution in [-0.2, 0) is 9.84 Å². The Morgan fingerprint density at radius 3 is 2.78 bits per heavy atom. The summed E-state index contributed by atoms with van der Waals surface area (Å²) < 4.78 is 23.4. The molecule has 1 aromatic heterocycles. The maximum atomic E-state index is 11.7. The van der Waals surface area contributed by atoms with E-state index in [0.717, 1.165) is 25.0 Å². The first-order chi connectivity index (χ1) is 8.48. The van der Waals surface area contributed by atoms with Crippen molar-refractivity contribution in [3.63, 3.8) is 0 Å². The zero-order valence-electron chi connectivity index (χ0n) is 10.8. The summed E-state index contributed by atoms with van der Waals surface area (Å²) >= 11 is 0. The molecule has 1 N–H and O–H groups in total. The molecule has 2 rings (SSSR count). The number of rotatable bonds is 4. The van der Waals surface area contributed by atoms with E-state index in [-0.39, 0.29) is 17.3 Å². The van der Waals surface area contributed by atoms with Gasteiger partial charge in [0.1, 0.15) is 0 Å². The van der Waals surface area contributed by atoms with Crippen LogP contribution in [0.4, 0.5) is 0 Å². The highest BCUT2D eigenvalue weighted by molar-refractivity contribution is 7.91. The van der Waals surface area contributed by atoms with Gasteiger partial charge in [-0.2, -0.15) is 0 Å². The van der Waals surface area contributed by atoms with Gasteiger partial charge in [-0.05, 0) is 31.9 Å². The zero-order chi connectivity index (χ0) is 13.2. The predicted octanol–water partition coefficient (Wildman–Crippen LogP) is 1.70. The lowest BCUT2D eigenvalue weighted by Gasteiger charge is -2.23. The summed E-state index contributed by atoms with van der Waals surface area (Å²) in [5, 5.41) is 3.16. The van der Waals surface area contributed by atoms with Crippen LogP contribution in [-0.4, -0.2) is 30.9 Å². The van der Waals surface area contributed by atoms with E-state index in [4.69, 9.17) is 0 Å². The van der Waals surface area contributed by atoms with E-state index < -0.39 is 9.84 Å². The van der Waals surface area contributed by atoms with Crippen LogP contribution in [0.25, 0.3) is 0 Å². The van der Waals surface area contributed by atoms with Crippen molar-refractivity contribution < 1.29 is 8.42 Å². The van der Waals surface area contributed by atoms with E-state index in [1.54, 1.807) is 6.20 Å². The van der Waals surface area contributed by atoms with Crippen LogP contribution in [0.15, 0.2) is 24.4 Å². The summed E-state index contributed by atoms with van der Waals surface area (Å²) in [6.45, 7) is 2.03. The Balaban J connectivity index is 2.05. The monoisotopic (exact) mass is 268 g/mol. The van der Waals surface area contributed by atoms with Crippen LogP contribution in [0.1, 0.15) is 37.9 Å². The van der Waals surface area contributed by atoms with Crippen molar-refractivity contribution in [1.29, 1.82) is 0 Å². The van der Waals surface area contributed by atoms with Crippen molar-refractivity contribution in [3.8, 4) is 0 Å². The SMILES string of the molecule is C[C@H](NC1CCCC1S(C)(=O)=O)c1ccccn1. The first-order valence-electron chi connectivity index (χ1n) is 6.34. The predicted molar refractivity (Wildman–Crippen MR) is 72.1 cm³/mol. The number of hydrogen-bond acceptors (Lipinski definition) is 4. The average Bonchev–Trinajstić information content (AvgIpc) is 2.78. The van der Waals surface area contributed by atoms with Gasteiger partial charge in [-0.25, -0.2) is 8.42 Å². The Morgan fingerprint density at radius 1 is 1.39 bits per heavy atom. The molecule has 0 amide bonds. The van der Waals surface area contributed by atoms with Gasteiger partial charge in [-0.15, -0.1) is 0 Å². The number of hydrogen-bond donors (Lipinski definition) is 1. The summed E-state index contributed by atoms with van der Waals surface area (Å²) in [5.41, 5.74) is 0.955. The molecule has 0 saturated heterocycles. The van der Waals surface area contributed by atoms with Crippen molar-refractivity contribution in [2.45, 2.75) is 43.5 Å². The summed E-state index contributed by atoms with van der Waals surface area (Å²) in [4.78, 5) is 4.30. The molecule has 100 valence electrons. The van der Waals surface area contributed by atoms with E-state index in [1.165, 1.54) is 6.26 Å². The molecule has 2 unspecified atom stereocenters. The van der Waals surface area contributed by atoms with Crippen LogP contribution in [0.2, 0.25) is 0 Å². The lowest BCUT2D eigenvalue weighted by molar-refractivity contribution is 0.450. The van der Waals surface area contributed by atoms with Gasteiger partial charge >= 0.3 is 0 Å². The molecule has 1 fully saturated rings. The molecule has 5 heteroatoms. The van der Waals surface area contributed by atoms with E-state index in [1.807, 2.05) is 25.1 Å². The Labute approximate surface area is 109 Å². The standard InChI is InChI=1S/C13H20N2O2S/c1-10(11-6-3-4-9-14-11)15-12-7-5-8-13(12)18(2,16)17/h3-4,6,9-10,12-13,15H,5,7-8H2,1-2H3/t10-,12?,13?/m0/s1.